The summed E-state index contributed by atoms with van der Waals surface area (Å²) in [6.07, 6.45) is -0.290. The summed E-state index contributed by atoms with van der Waals surface area (Å²) < 4.78 is 0. The molecule has 0 heterocycles. The first-order valence-electron chi connectivity index (χ1n) is 11.0. The maximum absolute atomic E-state index is 12.3. The van der Waals surface area contributed by atoms with Crippen LogP contribution in [0, 0.1) is 0 Å². The van der Waals surface area contributed by atoms with Crippen molar-refractivity contribution < 1.29 is 24.3 Å². The molecule has 2 rings (SSSR count). The standard InChI is InChI=1S/C25H32N4O5/c1-25(2,3)29-24(34)26-14-13-21(30)27-16-22(31)28-20(15-23(32)33)19-11-9-18(10-12-19)17-7-5-4-6-8-17/h4-12,20H,13-16H2,1-3H3,(H,27,30)(H,28,31)(H,32,33)(H2,26,29,34). The number of carbonyl (C=O) groups excluding carboxylic acids is 3. The van der Waals surface area contributed by atoms with Crippen LogP contribution in [0.2, 0.25) is 0 Å². The molecule has 0 spiro atoms. The summed E-state index contributed by atoms with van der Waals surface area (Å²) in [6, 6.07) is 15.9. The second kappa shape index (κ2) is 12.4. The molecule has 1 unspecified atom stereocenters. The number of aliphatic carboxylic acids is 1. The van der Waals surface area contributed by atoms with Gasteiger partial charge in [0, 0.05) is 18.5 Å². The van der Waals surface area contributed by atoms with Crippen molar-refractivity contribution in [2.45, 2.75) is 45.2 Å². The van der Waals surface area contributed by atoms with Crippen LogP contribution in [-0.4, -0.2) is 47.5 Å². The van der Waals surface area contributed by atoms with Gasteiger partial charge < -0.3 is 26.4 Å². The Hall–Kier alpha value is -3.88. The maximum Gasteiger partial charge on any atom is 0.315 e. The van der Waals surface area contributed by atoms with E-state index in [2.05, 4.69) is 21.3 Å². The van der Waals surface area contributed by atoms with Crippen LogP contribution in [0.1, 0.15) is 45.2 Å². The molecule has 9 nitrogen and oxygen atoms in total. The Bertz CT molecular complexity index is 985. The van der Waals surface area contributed by atoms with E-state index in [1.807, 2.05) is 63.2 Å². The van der Waals surface area contributed by atoms with Crippen molar-refractivity contribution in [3.8, 4) is 11.1 Å². The van der Waals surface area contributed by atoms with Gasteiger partial charge in [0.1, 0.15) is 0 Å². The number of carbonyl (C=O) groups is 4. The van der Waals surface area contributed by atoms with Crippen LogP contribution in [-0.2, 0) is 14.4 Å². The molecule has 0 saturated carbocycles. The Kier molecular flexibility index (Phi) is 9.61. The highest BCUT2D eigenvalue weighted by Crippen LogP contribution is 2.23. The number of hydrogen-bond acceptors (Lipinski definition) is 4. The summed E-state index contributed by atoms with van der Waals surface area (Å²) in [6.45, 7) is 5.34. The molecule has 4 amide bonds. The zero-order valence-corrected chi connectivity index (χ0v) is 19.7. The molecule has 5 N–H and O–H groups in total. The van der Waals surface area contributed by atoms with E-state index in [0.717, 1.165) is 11.1 Å². The van der Waals surface area contributed by atoms with Gasteiger partial charge in [-0.25, -0.2) is 4.79 Å². The van der Waals surface area contributed by atoms with Crippen LogP contribution in [0.3, 0.4) is 0 Å². The molecular weight excluding hydrogens is 436 g/mol. The quantitative estimate of drug-likeness (QED) is 0.365. The van der Waals surface area contributed by atoms with E-state index >= 15 is 0 Å². The summed E-state index contributed by atoms with van der Waals surface area (Å²) in [7, 11) is 0. The predicted molar refractivity (Wildman–Crippen MR) is 129 cm³/mol. The van der Waals surface area contributed by atoms with Gasteiger partial charge in [0.25, 0.3) is 0 Å². The van der Waals surface area contributed by atoms with E-state index in [1.54, 1.807) is 12.1 Å². The maximum atomic E-state index is 12.3. The molecule has 0 aliphatic rings. The zero-order chi connectivity index (χ0) is 25.1. The van der Waals surface area contributed by atoms with Crippen molar-refractivity contribution >= 4 is 23.8 Å². The summed E-state index contributed by atoms with van der Waals surface area (Å²) >= 11 is 0. The minimum Gasteiger partial charge on any atom is -0.481 e. The Morgan fingerprint density at radius 1 is 0.853 bits per heavy atom. The number of carboxylic acids is 1. The molecule has 0 fully saturated rings. The van der Waals surface area contributed by atoms with E-state index in [1.165, 1.54) is 0 Å². The lowest BCUT2D eigenvalue weighted by molar-refractivity contribution is -0.138. The summed E-state index contributed by atoms with van der Waals surface area (Å²) in [5.41, 5.74) is 2.26. The van der Waals surface area contributed by atoms with Gasteiger partial charge in [-0.05, 0) is 37.5 Å². The third-order valence-corrected chi connectivity index (χ3v) is 4.71. The molecule has 2 aromatic rings. The smallest absolute Gasteiger partial charge is 0.315 e. The van der Waals surface area contributed by atoms with Gasteiger partial charge in [-0.2, -0.15) is 0 Å². The van der Waals surface area contributed by atoms with E-state index in [0.29, 0.717) is 5.56 Å². The van der Waals surface area contributed by atoms with E-state index < -0.39 is 29.4 Å². The highest BCUT2D eigenvalue weighted by Gasteiger charge is 2.19. The molecule has 0 saturated heterocycles. The van der Waals surface area contributed by atoms with Crippen LogP contribution >= 0.6 is 0 Å². The SMILES string of the molecule is CC(C)(C)NC(=O)NCCC(=O)NCC(=O)NC(CC(=O)O)c1ccc(-c2ccccc2)cc1. The Morgan fingerprint density at radius 3 is 2.06 bits per heavy atom. The minimum atomic E-state index is -1.05. The molecular formula is C25H32N4O5. The van der Waals surface area contributed by atoms with Gasteiger partial charge in [-0.1, -0.05) is 54.6 Å². The third kappa shape index (κ3) is 9.72. The fraction of sp³-hybridized carbons (Fsp3) is 0.360. The molecule has 0 aliphatic carbocycles. The number of rotatable bonds is 10. The Balaban J connectivity index is 1.85. The van der Waals surface area contributed by atoms with Crippen molar-refractivity contribution in [3.05, 3.63) is 60.2 Å². The van der Waals surface area contributed by atoms with Gasteiger partial charge in [0.15, 0.2) is 0 Å². The third-order valence-electron chi connectivity index (χ3n) is 4.71. The van der Waals surface area contributed by atoms with Gasteiger partial charge in [0.05, 0.1) is 19.0 Å². The second-order valence-electron chi connectivity index (χ2n) is 8.86. The number of carboxylic acid groups (broad SMARTS) is 1. The average Bonchev–Trinajstić information content (AvgIpc) is 2.76. The summed E-state index contributed by atoms with van der Waals surface area (Å²) in [4.78, 5) is 47.3. The molecule has 2 aromatic carbocycles. The summed E-state index contributed by atoms with van der Waals surface area (Å²) in [5, 5.41) is 19.7. The van der Waals surface area contributed by atoms with E-state index in [4.69, 9.17) is 0 Å². The first-order valence-corrected chi connectivity index (χ1v) is 11.0. The first-order chi connectivity index (χ1) is 16.0. The van der Waals surface area contributed by atoms with Crippen LogP contribution in [0.25, 0.3) is 11.1 Å². The van der Waals surface area contributed by atoms with Gasteiger partial charge >= 0.3 is 12.0 Å². The second-order valence-corrected chi connectivity index (χ2v) is 8.86. The lowest BCUT2D eigenvalue weighted by atomic mass is 9.99. The molecule has 0 radical (unpaired) electrons. The monoisotopic (exact) mass is 468 g/mol. The number of nitrogens with one attached hydrogen (secondary N) is 4. The van der Waals surface area contributed by atoms with Crippen LogP contribution in [0.15, 0.2) is 54.6 Å². The van der Waals surface area contributed by atoms with Crippen LogP contribution in [0.5, 0.6) is 0 Å². The van der Waals surface area contributed by atoms with Crippen LogP contribution in [0.4, 0.5) is 4.79 Å². The predicted octanol–water partition coefficient (Wildman–Crippen LogP) is 2.59. The highest BCUT2D eigenvalue weighted by molar-refractivity contribution is 5.85. The summed E-state index contributed by atoms with van der Waals surface area (Å²) in [5.74, 6) is -1.97. The van der Waals surface area contributed by atoms with Crippen LogP contribution < -0.4 is 21.3 Å². The van der Waals surface area contributed by atoms with E-state index in [9.17, 15) is 24.3 Å². The molecule has 0 aliphatic heterocycles. The highest BCUT2D eigenvalue weighted by atomic mass is 16.4. The topological polar surface area (TPSA) is 137 Å². The Labute approximate surface area is 199 Å². The fourth-order valence-corrected chi connectivity index (χ4v) is 3.15. The fourth-order valence-electron chi connectivity index (χ4n) is 3.15. The first kappa shape index (κ1) is 26.4. The normalized spacial score (nSPS) is 11.7. The average molecular weight is 469 g/mol. The molecule has 9 heteroatoms. The minimum absolute atomic E-state index is 0.00431. The lowest BCUT2D eigenvalue weighted by Gasteiger charge is -2.20. The zero-order valence-electron chi connectivity index (χ0n) is 19.7. The van der Waals surface area contributed by atoms with E-state index in [-0.39, 0.29) is 32.0 Å². The van der Waals surface area contributed by atoms with Crippen molar-refractivity contribution in [2.75, 3.05) is 13.1 Å². The molecule has 0 bridgehead atoms. The Morgan fingerprint density at radius 2 is 1.47 bits per heavy atom. The molecule has 34 heavy (non-hydrogen) atoms. The van der Waals surface area contributed by atoms with Gasteiger partial charge in [-0.15, -0.1) is 0 Å². The van der Waals surface area contributed by atoms with Crippen molar-refractivity contribution in [1.82, 2.24) is 21.3 Å². The molecule has 0 aromatic heterocycles. The molecule has 1 atom stereocenters. The number of benzene rings is 2. The number of hydrogen-bond donors (Lipinski definition) is 5. The van der Waals surface area contributed by atoms with Crippen molar-refractivity contribution in [1.29, 1.82) is 0 Å². The van der Waals surface area contributed by atoms with Gasteiger partial charge in [0.2, 0.25) is 11.8 Å². The van der Waals surface area contributed by atoms with Crippen molar-refractivity contribution in [3.63, 3.8) is 0 Å². The van der Waals surface area contributed by atoms with Crippen molar-refractivity contribution in [2.24, 2.45) is 0 Å². The largest absolute Gasteiger partial charge is 0.481 e. The number of urea groups is 1. The molecule has 182 valence electrons. The number of amides is 4. The van der Waals surface area contributed by atoms with Gasteiger partial charge in [-0.3, -0.25) is 14.4 Å². The lowest BCUT2D eigenvalue weighted by Crippen LogP contribution is -2.47.